The molecule has 3 aromatic rings. The van der Waals surface area contributed by atoms with Gasteiger partial charge in [0.25, 0.3) is 5.91 Å². The van der Waals surface area contributed by atoms with Crippen molar-refractivity contribution in [3.8, 4) is 5.88 Å². The van der Waals surface area contributed by atoms with Crippen molar-refractivity contribution in [3.63, 3.8) is 0 Å². The number of halogens is 3. The first-order valence-electron chi connectivity index (χ1n) is 9.37. The van der Waals surface area contributed by atoms with E-state index in [4.69, 9.17) is 4.74 Å². The minimum Gasteiger partial charge on any atom is -0.468 e. The highest BCUT2D eigenvalue weighted by molar-refractivity contribution is 5.95. The highest BCUT2D eigenvalue weighted by Gasteiger charge is 2.29. The summed E-state index contributed by atoms with van der Waals surface area (Å²) in [5, 5.41) is 7.04. The Labute approximate surface area is 171 Å². The van der Waals surface area contributed by atoms with Gasteiger partial charge in [-0.1, -0.05) is 43.3 Å². The van der Waals surface area contributed by atoms with E-state index in [1.54, 1.807) is 16.8 Å². The second kappa shape index (κ2) is 9.43. The van der Waals surface area contributed by atoms with Crippen LogP contribution in [0.4, 0.5) is 13.2 Å². The Bertz CT molecular complexity index is 987. The van der Waals surface area contributed by atoms with Crippen LogP contribution in [0, 0.1) is 0 Å². The van der Waals surface area contributed by atoms with Gasteiger partial charge in [-0.2, -0.15) is 18.3 Å². The summed E-state index contributed by atoms with van der Waals surface area (Å²) in [7, 11) is 0. The lowest BCUT2D eigenvalue weighted by molar-refractivity contribution is -0.154. The molecule has 0 fully saturated rings. The van der Waals surface area contributed by atoms with Crippen LogP contribution in [0.2, 0.25) is 0 Å². The van der Waals surface area contributed by atoms with Crippen LogP contribution in [-0.2, 0) is 19.5 Å². The molecule has 0 saturated heterocycles. The summed E-state index contributed by atoms with van der Waals surface area (Å²) in [4.78, 5) is 16.5. The summed E-state index contributed by atoms with van der Waals surface area (Å²) in [6.07, 6.45) is -1.04. The first kappa shape index (κ1) is 21.4. The number of ether oxygens (including phenoxy) is 1. The molecule has 158 valence electrons. The van der Waals surface area contributed by atoms with Gasteiger partial charge in [0.1, 0.15) is 0 Å². The average molecular weight is 418 g/mol. The smallest absolute Gasteiger partial charge is 0.422 e. The van der Waals surface area contributed by atoms with Crippen LogP contribution in [0.1, 0.15) is 34.1 Å². The maximum Gasteiger partial charge on any atom is 0.422 e. The van der Waals surface area contributed by atoms with Gasteiger partial charge in [0.05, 0.1) is 24.0 Å². The number of aromatic nitrogens is 3. The molecule has 0 radical (unpaired) electrons. The van der Waals surface area contributed by atoms with Crippen LogP contribution in [0.25, 0.3) is 0 Å². The SMILES string of the molecule is CCc1c(C(=O)NCc2cccnc2OCC(F)(F)F)cnn1Cc1ccccc1. The molecule has 30 heavy (non-hydrogen) atoms. The summed E-state index contributed by atoms with van der Waals surface area (Å²) in [6.45, 7) is 0.999. The Morgan fingerprint density at radius 2 is 1.93 bits per heavy atom. The zero-order valence-corrected chi connectivity index (χ0v) is 16.3. The normalized spacial score (nSPS) is 11.3. The lowest BCUT2D eigenvalue weighted by Crippen LogP contribution is -2.25. The van der Waals surface area contributed by atoms with Gasteiger partial charge in [-0.3, -0.25) is 9.48 Å². The van der Waals surface area contributed by atoms with Gasteiger partial charge in [-0.25, -0.2) is 4.98 Å². The van der Waals surface area contributed by atoms with Gasteiger partial charge in [0, 0.05) is 18.3 Å². The molecular weight excluding hydrogens is 397 g/mol. The topological polar surface area (TPSA) is 69.0 Å². The lowest BCUT2D eigenvalue weighted by Gasteiger charge is -2.13. The van der Waals surface area contributed by atoms with Crippen LogP contribution in [0.3, 0.4) is 0 Å². The number of amides is 1. The van der Waals surface area contributed by atoms with E-state index in [0.29, 0.717) is 24.1 Å². The summed E-state index contributed by atoms with van der Waals surface area (Å²) in [5.74, 6) is -0.526. The molecule has 1 amide bonds. The molecule has 9 heteroatoms. The van der Waals surface area contributed by atoms with Crippen LogP contribution in [0.15, 0.2) is 54.9 Å². The summed E-state index contributed by atoms with van der Waals surface area (Å²) in [5.41, 5.74) is 2.61. The van der Waals surface area contributed by atoms with E-state index >= 15 is 0 Å². The van der Waals surface area contributed by atoms with Crippen LogP contribution in [-0.4, -0.2) is 33.5 Å². The number of carbonyl (C=O) groups is 1. The molecule has 3 rings (SSSR count). The molecule has 0 aliphatic carbocycles. The van der Waals surface area contributed by atoms with Crippen LogP contribution >= 0.6 is 0 Å². The molecule has 0 aliphatic heterocycles. The summed E-state index contributed by atoms with van der Waals surface area (Å²) < 4.78 is 43.8. The van der Waals surface area contributed by atoms with E-state index in [2.05, 4.69) is 15.4 Å². The van der Waals surface area contributed by atoms with Crippen molar-refractivity contribution in [1.29, 1.82) is 0 Å². The van der Waals surface area contributed by atoms with Crippen molar-refractivity contribution in [3.05, 3.63) is 77.2 Å². The van der Waals surface area contributed by atoms with E-state index in [1.807, 2.05) is 37.3 Å². The molecule has 6 nitrogen and oxygen atoms in total. The maximum absolute atomic E-state index is 12.7. The molecular formula is C21H21F3N4O2. The lowest BCUT2D eigenvalue weighted by atomic mass is 10.1. The number of pyridine rings is 1. The molecule has 1 N–H and O–H groups in total. The van der Waals surface area contributed by atoms with Crippen molar-refractivity contribution < 1.29 is 22.7 Å². The van der Waals surface area contributed by atoms with Crippen molar-refractivity contribution in [1.82, 2.24) is 20.1 Å². The zero-order chi connectivity index (χ0) is 21.6. The van der Waals surface area contributed by atoms with Crippen molar-refractivity contribution >= 4 is 5.91 Å². The third-order valence-corrected chi connectivity index (χ3v) is 4.37. The van der Waals surface area contributed by atoms with E-state index < -0.39 is 12.8 Å². The number of carbonyl (C=O) groups excluding carboxylic acids is 1. The minimum atomic E-state index is -4.47. The van der Waals surface area contributed by atoms with Gasteiger partial charge >= 0.3 is 6.18 Å². The Morgan fingerprint density at radius 3 is 2.63 bits per heavy atom. The third kappa shape index (κ3) is 5.59. The predicted molar refractivity (Wildman–Crippen MR) is 104 cm³/mol. The molecule has 0 aliphatic rings. The number of alkyl halides is 3. The molecule has 2 aromatic heterocycles. The first-order valence-corrected chi connectivity index (χ1v) is 9.37. The number of hydrogen-bond donors (Lipinski definition) is 1. The summed E-state index contributed by atoms with van der Waals surface area (Å²) >= 11 is 0. The molecule has 0 atom stereocenters. The minimum absolute atomic E-state index is 0.0209. The Hall–Kier alpha value is -3.36. The van der Waals surface area contributed by atoms with E-state index in [1.165, 1.54) is 12.4 Å². The van der Waals surface area contributed by atoms with Crippen molar-refractivity contribution in [2.45, 2.75) is 32.6 Å². The fourth-order valence-electron chi connectivity index (χ4n) is 2.98. The quantitative estimate of drug-likeness (QED) is 0.605. The molecule has 2 heterocycles. The molecule has 0 spiro atoms. The second-order valence-corrected chi connectivity index (χ2v) is 6.56. The van der Waals surface area contributed by atoms with E-state index in [-0.39, 0.29) is 18.3 Å². The second-order valence-electron chi connectivity index (χ2n) is 6.56. The number of nitrogens with zero attached hydrogens (tertiary/aromatic N) is 3. The maximum atomic E-state index is 12.7. The highest BCUT2D eigenvalue weighted by atomic mass is 19.4. The fraction of sp³-hybridized carbons (Fsp3) is 0.286. The molecule has 0 unspecified atom stereocenters. The van der Waals surface area contributed by atoms with Crippen molar-refractivity contribution in [2.75, 3.05) is 6.61 Å². The fourth-order valence-corrected chi connectivity index (χ4v) is 2.98. The van der Waals surface area contributed by atoms with Gasteiger partial charge in [0.15, 0.2) is 6.61 Å². The zero-order valence-electron chi connectivity index (χ0n) is 16.3. The van der Waals surface area contributed by atoms with Gasteiger partial charge < -0.3 is 10.1 Å². The van der Waals surface area contributed by atoms with Gasteiger partial charge in [0.2, 0.25) is 5.88 Å². The largest absolute Gasteiger partial charge is 0.468 e. The predicted octanol–water partition coefficient (Wildman–Crippen LogP) is 3.76. The van der Waals surface area contributed by atoms with Crippen molar-refractivity contribution in [2.24, 2.45) is 0 Å². The Morgan fingerprint density at radius 1 is 1.17 bits per heavy atom. The standard InChI is InChI=1S/C21H21F3N4O2/c1-2-18-17(12-27-28(18)13-15-7-4-3-5-8-15)19(29)26-11-16-9-6-10-25-20(16)30-14-21(22,23)24/h3-10,12H,2,11,13-14H2,1H3,(H,26,29). The number of benzene rings is 1. The molecule has 0 bridgehead atoms. The van der Waals surface area contributed by atoms with E-state index in [9.17, 15) is 18.0 Å². The number of rotatable bonds is 8. The van der Waals surface area contributed by atoms with Gasteiger partial charge in [-0.05, 0) is 18.1 Å². The number of nitrogens with one attached hydrogen (secondary N) is 1. The van der Waals surface area contributed by atoms with E-state index in [0.717, 1.165) is 11.3 Å². The third-order valence-electron chi connectivity index (χ3n) is 4.37. The molecule has 1 aromatic carbocycles. The van der Waals surface area contributed by atoms with Crippen LogP contribution in [0.5, 0.6) is 5.88 Å². The highest BCUT2D eigenvalue weighted by Crippen LogP contribution is 2.20. The first-order chi connectivity index (χ1) is 14.4. The van der Waals surface area contributed by atoms with Gasteiger partial charge in [-0.15, -0.1) is 0 Å². The van der Waals surface area contributed by atoms with Crippen LogP contribution < -0.4 is 10.1 Å². The number of hydrogen-bond acceptors (Lipinski definition) is 4. The summed E-state index contributed by atoms with van der Waals surface area (Å²) in [6, 6.07) is 12.9. The Balaban J connectivity index is 1.69. The average Bonchev–Trinajstić information content (AvgIpc) is 3.13. The Kier molecular flexibility index (Phi) is 6.71. The monoisotopic (exact) mass is 418 g/mol. The molecule has 0 saturated carbocycles.